The van der Waals surface area contributed by atoms with Crippen LogP contribution >= 0.6 is 0 Å². The highest BCUT2D eigenvalue weighted by Crippen LogP contribution is 2.10. The largest absolute Gasteiger partial charge is 0.479 e. The fraction of sp³-hybridized carbons (Fsp3) is 0.750. The van der Waals surface area contributed by atoms with Gasteiger partial charge in [-0.25, -0.2) is 0 Å². The molecule has 0 N–H and O–H groups in total. The number of rotatable bonds is 14. The van der Waals surface area contributed by atoms with Crippen molar-refractivity contribution in [1.82, 2.24) is 0 Å². The normalized spacial score (nSPS) is 14.9. The van der Waals surface area contributed by atoms with E-state index < -0.39 is 0 Å². The molecule has 0 radical (unpaired) electrons. The molecule has 0 bridgehead atoms. The van der Waals surface area contributed by atoms with Crippen LogP contribution in [0.5, 0.6) is 0 Å². The fourth-order valence-electron chi connectivity index (χ4n) is 2.62. The van der Waals surface area contributed by atoms with Gasteiger partial charge >= 0.3 is 0 Å². The average molecular weight is 306 g/mol. The van der Waals surface area contributed by atoms with Crippen molar-refractivity contribution in [2.24, 2.45) is 4.99 Å². The molecule has 1 aliphatic rings. The van der Waals surface area contributed by atoms with Gasteiger partial charge < -0.3 is 4.74 Å². The van der Waals surface area contributed by atoms with Crippen molar-refractivity contribution in [2.75, 3.05) is 13.2 Å². The number of aliphatic imine (C=N–C) groups is 1. The summed E-state index contributed by atoms with van der Waals surface area (Å²) in [6.45, 7) is 3.93. The molecule has 1 heterocycles. The minimum absolute atomic E-state index is 0.801. The molecule has 0 amide bonds. The van der Waals surface area contributed by atoms with Crippen molar-refractivity contribution in [1.29, 1.82) is 0 Å². The lowest BCUT2D eigenvalue weighted by atomic mass is 10.1. The minimum atomic E-state index is 0.801. The maximum Gasteiger partial charge on any atom is 0.183 e. The highest BCUT2D eigenvalue weighted by atomic mass is 16.5. The van der Waals surface area contributed by atoms with E-state index in [1.165, 1.54) is 64.2 Å². The van der Waals surface area contributed by atoms with E-state index in [0.717, 1.165) is 31.9 Å². The Hall–Kier alpha value is -1.05. The smallest absolute Gasteiger partial charge is 0.183 e. The molecule has 0 atom stereocenters. The molecule has 2 heteroatoms. The van der Waals surface area contributed by atoms with E-state index in [0.29, 0.717) is 0 Å². The van der Waals surface area contributed by atoms with Crippen molar-refractivity contribution in [3.8, 4) is 0 Å². The molecule has 0 fully saturated rings. The second-order valence-corrected chi connectivity index (χ2v) is 6.10. The summed E-state index contributed by atoms with van der Waals surface area (Å²) < 4.78 is 5.41. The Morgan fingerprint density at radius 3 is 2.23 bits per heavy atom. The molecule has 0 aromatic rings. The van der Waals surface area contributed by atoms with Crippen LogP contribution in [0.2, 0.25) is 0 Å². The summed E-state index contributed by atoms with van der Waals surface area (Å²) in [5.41, 5.74) is 0. The quantitative estimate of drug-likeness (QED) is 0.275. The minimum Gasteiger partial charge on any atom is -0.479 e. The van der Waals surface area contributed by atoms with Crippen molar-refractivity contribution in [3.63, 3.8) is 0 Å². The SMILES string of the molecule is CCCCC/C=C/C/C=C/CCCCCCCC1=NCCO1. The summed E-state index contributed by atoms with van der Waals surface area (Å²) in [5, 5.41) is 0. The van der Waals surface area contributed by atoms with Gasteiger partial charge in [0.25, 0.3) is 0 Å². The van der Waals surface area contributed by atoms with Crippen LogP contribution < -0.4 is 0 Å². The van der Waals surface area contributed by atoms with Crippen LogP contribution in [0, 0.1) is 0 Å². The highest BCUT2D eigenvalue weighted by Gasteiger charge is 2.05. The van der Waals surface area contributed by atoms with Gasteiger partial charge in [0.15, 0.2) is 5.90 Å². The van der Waals surface area contributed by atoms with Crippen LogP contribution in [0.1, 0.15) is 84.0 Å². The zero-order valence-corrected chi connectivity index (χ0v) is 14.6. The third-order valence-corrected chi connectivity index (χ3v) is 3.99. The molecule has 0 aliphatic carbocycles. The Labute approximate surface area is 137 Å². The summed E-state index contributed by atoms with van der Waals surface area (Å²) in [6.07, 6.45) is 24.5. The lowest BCUT2D eigenvalue weighted by Gasteiger charge is -2.01. The summed E-state index contributed by atoms with van der Waals surface area (Å²) >= 11 is 0. The van der Waals surface area contributed by atoms with Gasteiger partial charge in [-0.05, 0) is 38.5 Å². The molecule has 1 rings (SSSR count). The van der Waals surface area contributed by atoms with Crippen LogP contribution in [-0.4, -0.2) is 19.0 Å². The van der Waals surface area contributed by atoms with Gasteiger partial charge in [-0.2, -0.15) is 0 Å². The van der Waals surface area contributed by atoms with Gasteiger partial charge in [0.05, 0.1) is 6.54 Å². The van der Waals surface area contributed by atoms with E-state index in [1.807, 2.05) is 0 Å². The molecule has 22 heavy (non-hydrogen) atoms. The van der Waals surface area contributed by atoms with Crippen LogP contribution in [0.4, 0.5) is 0 Å². The second kappa shape index (κ2) is 14.9. The first-order valence-corrected chi connectivity index (χ1v) is 9.39. The number of allylic oxidation sites excluding steroid dienone is 4. The monoisotopic (exact) mass is 305 g/mol. The molecule has 0 spiro atoms. The molecule has 2 nitrogen and oxygen atoms in total. The molecule has 0 saturated heterocycles. The van der Waals surface area contributed by atoms with Crippen LogP contribution in [-0.2, 0) is 4.74 Å². The molecular formula is C20H35NO. The van der Waals surface area contributed by atoms with Crippen molar-refractivity contribution >= 4 is 5.90 Å². The summed E-state index contributed by atoms with van der Waals surface area (Å²) in [6, 6.07) is 0. The highest BCUT2D eigenvalue weighted by molar-refractivity contribution is 5.77. The first kappa shape index (κ1) is 19.0. The topological polar surface area (TPSA) is 21.6 Å². The average Bonchev–Trinajstić information content (AvgIpc) is 3.04. The van der Waals surface area contributed by atoms with E-state index in [9.17, 15) is 0 Å². The molecule has 1 aliphatic heterocycles. The maximum atomic E-state index is 5.41. The lowest BCUT2D eigenvalue weighted by Crippen LogP contribution is -1.98. The van der Waals surface area contributed by atoms with E-state index in [4.69, 9.17) is 4.74 Å². The van der Waals surface area contributed by atoms with Crippen molar-refractivity contribution < 1.29 is 4.74 Å². The first-order valence-electron chi connectivity index (χ1n) is 9.39. The second-order valence-electron chi connectivity index (χ2n) is 6.10. The number of unbranched alkanes of at least 4 members (excludes halogenated alkanes) is 8. The van der Waals surface area contributed by atoms with Gasteiger partial charge in [-0.1, -0.05) is 63.3 Å². The Balaban J connectivity index is 1.77. The first-order chi connectivity index (χ1) is 10.9. The molecule has 0 unspecified atom stereocenters. The van der Waals surface area contributed by atoms with Gasteiger partial charge in [0.1, 0.15) is 6.61 Å². The standard InChI is InChI=1S/C20H35NO/c1-2-3-4-5-6-7-8-9-10-11-12-13-14-15-16-17-20-21-18-19-22-20/h6-7,9-10H,2-5,8,11-19H2,1H3/b7-6+,10-9+. The summed E-state index contributed by atoms with van der Waals surface area (Å²) in [7, 11) is 0. The third-order valence-electron chi connectivity index (χ3n) is 3.99. The molecule has 0 aromatic carbocycles. The van der Waals surface area contributed by atoms with Crippen LogP contribution in [0.3, 0.4) is 0 Å². The predicted molar refractivity (Wildman–Crippen MR) is 97.6 cm³/mol. The molecular weight excluding hydrogens is 270 g/mol. The number of hydrogen-bond acceptors (Lipinski definition) is 2. The Morgan fingerprint density at radius 2 is 1.55 bits per heavy atom. The fourth-order valence-corrected chi connectivity index (χ4v) is 2.62. The maximum absolute atomic E-state index is 5.41. The van der Waals surface area contributed by atoms with Crippen molar-refractivity contribution in [2.45, 2.75) is 84.0 Å². The van der Waals surface area contributed by atoms with Crippen LogP contribution in [0.25, 0.3) is 0 Å². The van der Waals surface area contributed by atoms with Crippen LogP contribution in [0.15, 0.2) is 29.3 Å². The molecule has 126 valence electrons. The van der Waals surface area contributed by atoms with E-state index in [1.54, 1.807) is 0 Å². The van der Waals surface area contributed by atoms with E-state index in [-0.39, 0.29) is 0 Å². The predicted octanol–water partition coefficient (Wildman–Crippen LogP) is 6.23. The zero-order valence-electron chi connectivity index (χ0n) is 14.6. The van der Waals surface area contributed by atoms with Gasteiger partial charge in [0.2, 0.25) is 0 Å². The molecule has 0 aromatic heterocycles. The summed E-state index contributed by atoms with van der Waals surface area (Å²) in [5.74, 6) is 0.991. The van der Waals surface area contributed by atoms with Gasteiger partial charge in [-0.3, -0.25) is 4.99 Å². The number of hydrogen-bond donors (Lipinski definition) is 0. The third kappa shape index (κ3) is 11.6. The number of ether oxygens (including phenoxy) is 1. The Bertz CT molecular complexity index is 331. The van der Waals surface area contributed by atoms with E-state index in [2.05, 4.69) is 36.2 Å². The molecule has 0 saturated carbocycles. The Kier molecular flexibility index (Phi) is 12.8. The summed E-state index contributed by atoms with van der Waals surface area (Å²) in [4.78, 5) is 4.32. The van der Waals surface area contributed by atoms with Gasteiger partial charge in [-0.15, -0.1) is 0 Å². The van der Waals surface area contributed by atoms with Crippen molar-refractivity contribution in [3.05, 3.63) is 24.3 Å². The van der Waals surface area contributed by atoms with Gasteiger partial charge in [0, 0.05) is 6.42 Å². The lowest BCUT2D eigenvalue weighted by molar-refractivity contribution is 0.336. The van der Waals surface area contributed by atoms with E-state index >= 15 is 0 Å². The number of nitrogens with zero attached hydrogens (tertiary/aromatic N) is 1. The Morgan fingerprint density at radius 1 is 0.864 bits per heavy atom. The zero-order chi connectivity index (χ0) is 15.7.